The number of hydrogen-bond donors (Lipinski definition) is 0. The molecule has 0 nitrogen and oxygen atoms in total. The summed E-state index contributed by atoms with van der Waals surface area (Å²) in [7, 11) is 0. The number of aryl methyl sites for hydroxylation is 1. The van der Waals surface area contributed by atoms with Gasteiger partial charge in [-0.25, -0.2) is 0 Å². The molecule has 4 aromatic carbocycles. The van der Waals surface area contributed by atoms with Crippen LogP contribution in [0.4, 0.5) is 0 Å². The molecule has 0 fully saturated rings. The number of fused-ring (bicyclic) bond motifs is 2. The first-order chi connectivity index (χ1) is 19.0. The predicted octanol–water partition coefficient (Wildman–Crippen LogP) is 10.2. The van der Waals surface area contributed by atoms with E-state index >= 15 is 0 Å². The molecule has 0 bridgehead atoms. The molecule has 2 heteroatoms. The molecule has 0 N–H and O–H groups in total. The standard InChI is InChI=1S/2C18H17.2CH3.H2Si.Zr/c1-12-9-16-14(3)13(2)11-17(18(16)10-12)15-7-5-4-6-8-15;1-13(2)16-11-15-9-6-10-17(18(15)12-16)14-7-4-3-5-8-14;;;;/h4-11H,1-3H3;3-13H,1-2H3;2*1H3;1H2;. The second kappa shape index (κ2) is 9.78. The number of benzene rings is 4. The number of hydrogen-bond acceptors (Lipinski definition) is 0. The Morgan fingerprint density at radius 3 is 1.88 bits per heavy atom. The van der Waals surface area contributed by atoms with Crippen LogP contribution < -0.4 is 0 Å². The van der Waals surface area contributed by atoms with Gasteiger partial charge in [0.2, 0.25) is 0 Å². The Bertz CT molecular complexity index is 1760. The van der Waals surface area contributed by atoms with Gasteiger partial charge in [0.1, 0.15) is 0 Å². The van der Waals surface area contributed by atoms with Gasteiger partial charge < -0.3 is 0 Å². The van der Waals surface area contributed by atoms with Crippen LogP contribution in [0.5, 0.6) is 0 Å². The van der Waals surface area contributed by atoms with Gasteiger partial charge in [-0.3, -0.25) is 0 Å². The van der Waals surface area contributed by atoms with Crippen LogP contribution >= 0.6 is 0 Å². The molecule has 2 aliphatic carbocycles. The number of allylic oxidation sites excluding steroid dienone is 2. The molecule has 202 valence electrons. The van der Waals surface area contributed by atoms with E-state index in [2.05, 4.69) is 148 Å². The summed E-state index contributed by atoms with van der Waals surface area (Å²) in [5, 5.41) is 0. The van der Waals surface area contributed by atoms with Gasteiger partial charge >= 0.3 is 245 Å². The SMILES string of the molecule is CC1=Cc2c(-c3ccccc3)cc(C)c(C)c2[CH]1[Zr]([CH3])([CH3])(=[SiH2])[CH]1C(C(C)C)=Cc2c(-c3ccccc3)cccc21. The molecule has 0 spiro atoms. The van der Waals surface area contributed by atoms with Crippen LogP contribution in [0.25, 0.3) is 34.4 Å². The monoisotopic (exact) mass is 616 g/mol. The summed E-state index contributed by atoms with van der Waals surface area (Å²) in [6.07, 6.45) is 5.15. The molecule has 40 heavy (non-hydrogen) atoms. The number of rotatable bonds is 5. The van der Waals surface area contributed by atoms with Crippen LogP contribution in [-0.2, 0) is 17.4 Å². The molecule has 0 saturated carbocycles. The molecular weight excluding hydrogens is 576 g/mol. The van der Waals surface area contributed by atoms with Crippen LogP contribution in [0.15, 0.2) is 96.1 Å². The summed E-state index contributed by atoms with van der Waals surface area (Å²) in [6, 6.07) is 31.5. The average molecular weight is 618 g/mol. The Morgan fingerprint density at radius 1 is 0.675 bits per heavy atom. The van der Waals surface area contributed by atoms with Crippen molar-refractivity contribution in [2.45, 2.75) is 51.1 Å². The minimum atomic E-state index is -3.65. The first-order valence-electron chi connectivity index (χ1n) is 14.8. The van der Waals surface area contributed by atoms with E-state index in [-0.39, 0.29) is 0 Å². The zero-order valence-corrected chi connectivity index (χ0v) is 29.0. The molecule has 2 unspecified atom stereocenters. The maximum atomic E-state index is 2.77. The Labute approximate surface area is 243 Å². The fourth-order valence-electron chi connectivity index (χ4n) is 8.13. The summed E-state index contributed by atoms with van der Waals surface area (Å²) in [4.78, 5) is 0. The van der Waals surface area contributed by atoms with Gasteiger partial charge in [-0.1, -0.05) is 0 Å². The van der Waals surface area contributed by atoms with Gasteiger partial charge in [-0.2, -0.15) is 0 Å². The van der Waals surface area contributed by atoms with Crippen molar-refractivity contribution in [3.8, 4) is 22.3 Å². The molecular formula is C38H42SiZr. The zero-order chi connectivity index (χ0) is 28.4. The topological polar surface area (TPSA) is 0 Å². The van der Waals surface area contributed by atoms with Gasteiger partial charge in [-0.05, 0) is 0 Å². The van der Waals surface area contributed by atoms with E-state index < -0.39 is 17.4 Å². The van der Waals surface area contributed by atoms with Gasteiger partial charge in [0.25, 0.3) is 0 Å². The quantitative estimate of drug-likeness (QED) is 0.196. The van der Waals surface area contributed by atoms with E-state index in [1.165, 1.54) is 44.5 Å². The Balaban J connectivity index is 1.59. The summed E-state index contributed by atoms with van der Waals surface area (Å²) in [5.74, 6) is 0.516. The fourth-order valence-corrected chi connectivity index (χ4v) is 28.7. The van der Waals surface area contributed by atoms with Crippen LogP contribution in [0.3, 0.4) is 0 Å². The van der Waals surface area contributed by atoms with Crippen LogP contribution in [-0.4, -0.2) is 6.88 Å². The normalized spacial score (nSPS) is 18.4. The van der Waals surface area contributed by atoms with E-state index in [0.717, 1.165) is 0 Å². The average Bonchev–Trinajstić information content (AvgIpc) is 3.51. The summed E-state index contributed by atoms with van der Waals surface area (Å²) >= 11 is -3.65. The predicted molar refractivity (Wildman–Crippen MR) is 175 cm³/mol. The minimum absolute atomic E-state index is 0.516. The van der Waals surface area contributed by atoms with Crippen LogP contribution in [0.1, 0.15) is 61.4 Å². The Kier molecular flexibility index (Phi) is 6.75. The van der Waals surface area contributed by atoms with Gasteiger partial charge in [0.15, 0.2) is 0 Å². The molecule has 6 rings (SSSR count). The molecule has 0 aliphatic heterocycles. The Morgan fingerprint density at radius 2 is 1.27 bits per heavy atom. The van der Waals surface area contributed by atoms with Crippen molar-refractivity contribution < 1.29 is 17.4 Å². The maximum absolute atomic E-state index is 3.65. The third kappa shape index (κ3) is 4.26. The molecule has 2 aliphatic rings. The van der Waals surface area contributed by atoms with Crippen molar-refractivity contribution in [1.29, 1.82) is 0 Å². The molecule has 0 aromatic heterocycles. The van der Waals surface area contributed by atoms with Crippen molar-refractivity contribution in [2.24, 2.45) is 5.92 Å². The van der Waals surface area contributed by atoms with E-state index in [0.29, 0.717) is 13.2 Å². The fraction of sp³-hybridized carbons (Fsp3) is 0.263. The summed E-state index contributed by atoms with van der Waals surface area (Å²) < 4.78 is 6.59. The molecule has 0 amide bonds. The van der Waals surface area contributed by atoms with Crippen molar-refractivity contribution in [3.63, 3.8) is 0 Å². The van der Waals surface area contributed by atoms with Crippen molar-refractivity contribution in [2.75, 3.05) is 0 Å². The van der Waals surface area contributed by atoms with E-state index in [4.69, 9.17) is 0 Å². The van der Waals surface area contributed by atoms with E-state index in [1.807, 2.05) is 0 Å². The third-order valence-corrected chi connectivity index (χ3v) is 27.4. The molecule has 0 saturated heterocycles. The van der Waals surface area contributed by atoms with Crippen LogP contribution in [0, 0.1) is 19.8 Å². The van der Waals surface area contributed by atoms with Crippen molar-refractivity contribution in [1.82, 2.24) is 0 Å². The molecule has 2 atom stereocenters. The van der Waals surface area contributed by atoms with Crippen LogP contribution in [0.2, 0.25) is 9.26 Å². The van der Waals surface area contributed by atoms with Gasteiger partial charge in [-0.15, -0.1) is 0 Å². The third-order valence-electron chi connectivity index (χ3n) is 9.88. The molecule has 4 aromatic rings. The van der Waals surface area contributed by atoms with Crippen molar-refractivity contribution >= 4 is 19.0 Å². The van der Waals surface area contributed by atoms with Crippen molar-refractivity contribution in [3.05, 3.63) is 129 Å². The molecule has 0 radical (unpaired) electrons. The first-order valence-corrected chi connectivity index (χ1v) is 28.5. The van der Waals surface area contributed by atoms with Gasteiger partial charge in [0, 0.05) is 0 Å². The first kappa shape index (κ1) is 27.6. The second-order valence-corrected chi connectivity index (χ2v) is 44.2. The summed E-state index contributed by atoms with van der Waals surface area (Å²) in [6.45, 7) is 14.4. The van der Waals surface area contributed by atoms with E-state index in [1.54, 1.807) is 22.3 Å². The summed E-state index contributed by atoms with van der Waals surface area (Å²) in [5.41, 5.74) is 17.7. The zero-order valence-electron chi connectivity index (χ0n) is 25.2. The Hall–Kier alpha value is -2.54. The second-order valence-electron chi connectivity index (χ2n) is 13.7. The molecule has 0 heterocycles. The van der Waals surface area contributed by atoms with E-state index in [9.17, 15) is 0 Å². The van der Waals surface area contributed by atoms with Gasteiger partial charge in [0.05, 0.1) is 0 Å².